The molecule has 0 radical (unpaired) electrons. The number of ether oxygens (including phenoxy) is 1. The summed E-state index contributed by atoms with van der Waals surface area (Å²) in [5.41, 5.74) is 2.55. The molecule has 0 bridgehead atoms. The number of rotatable bonds is 3. The number of carbonyl (C=O) groups is 2. The van der Waals surface area contributed by atoms with Gasteiger partial charge in [-0.25, -0.2) is 4.79 Å². The van der Waals surface area contributed by atoms with Crippen LogP contribution in [-0.4, -0.2) is 18.9 Å². The molecule has 3 heteroatoms. The highest BCUT2D eigenvalue weighted by Crippen LogP contribution is 2.36. The van der Waals surface area contributed by atoms with Crippen molar-refractivity contribution in [3.63, 3.8) is 0 Å². The monoisotopic (exact) mass is 334 g/mol. The SMILES string of the molecule is COC(=O)c1c(CC2(C)C=C(C)C=C(C)C2=O)ccc2ccccc12. The largest absolute Gasteiger partial charge is 0.465 e. The van der Waals surface area contributed by atoms with Crippen molar-refractivity contribution < 1.29 is 14.3 Å². The highest BCUT2D eigenvalue weighted by molar-refractivity contribution is 6.07. The van der Waals surface area contributed by atoms with E-state index < -0.39 is 5.41 Å². The van der Waals surface area contributed by atoms with Crippen molar-refractivity contribution in [1.82, 2.24) is 0 Å². The molecule has 1 aliphatic carbocycles. The zero-order valence-corrected chi connectivity index (χ0v) is 15.1. The van der Waals surface area contributed by atoms with E-state index in [-0.39, 0.29) is 11.8 Å². The van der Waals surface area contributed by atoms with Crippen LogP contribution in [0.15, 0.2) is 59.7 Å². The molecule has 0 N–H and O–H groups in total. The maximum atomic E-state index is 12.8. The molecular weight excluding hydrogens is 312 g/mol. The van der Waals surface area contributed by atoms with Crippen molar-refractivity contribution >= 4 is 22.5 Å². The molecule has 0 heterocycles. The highest BCUT2D eigenvalue weighted by atomic mass is 16.5. The standard InChI is InChI=1S/C22H22O3/c1-14-11-15(2)20(23)22(3,12-14)13-17-10-9-16-7-5-6-8-18(16)19(17)21(24)25-4/h5-12H,13H2,1-4H3. The molecule has 0 saturated carbocycles. The second-order valence-corrected chi connectivity index (χ2v) is 6.95. The van der Waals surface area contributed by atoms with E-state index in [2.05, 4.69) is 0 Å². The van der Waals surface area contributed by atoms with Gasteiger partial charge in [-0.3, -0.25) is 4.79 Å². The van der Waals surface area contributed by atoms with E-state index in [9.17, 15) is 9.59 Å². The third kappa shape index (κ3) is 3.02. The van der Waals surface area contributed by atoms with Gasteiger partial charge >= 0.3 is 5.97 Å². The van der Waals surface area contributed by atoms with Crippen LogP contribution in [0.3, 0.4) is 0 Å². The number of Topliss-reactive ketones (excluding diaryl/α,β-unsaturated/α-hetero) is 1. The Morgan fingerprint density at radius 2 is 1.84 bits per heavy atom. The molecular formula is C22H22O3. The van der Waals surface area contributed by atoms with Crippen molar-refractivity contribution in [2.75, 3.05) is 7.11 Å². The van der Waals surface area contributed by atoms with Gasteiger partial charge in [0, 0.05) is 0 Å². The molecule has 0 fully saturated rings. The third-order valence-electron chi connectivity index (χ3n) is 4.83. The Bertz CT molecular complexity index is 933. The van der Waals surface area contributed by atoms with Gasteiger partial charge in [0.1, 0.15) is 0 Å². The van der Waals surface area contributed by atoms with Gasteiger partial charge in [0.25, 0.3) is 0 Å². The minimum absolute atomic E-state index is 0.0991. The molecule has 0 amide bonds. The number of allylic oxidation sites excluding steroid dienone is 4. The van der Waals surface area contributed by atoms with Gasteiger partial charge in [-0.05, 0) is 49.1 Å². The summed E-state index contributed by atoms with van der Waals surface area (Å²) >= 11 is 0. The Morgan fingerprint density at radius 3 is 2.56 bits per heavy atom. The Labute approximate surface area is 148 Å². The number of carbonyl (C=O) groups excluding carboxylic acids is 2. The maximum Gasteiger partial charge on any atom is 0.338 e. The zero-order valence-electron chi connectivity index (χ0n) is 15.1. The molecule has 0 aromatic heterocycles. The first-order chi connectivity index (χ1) is 11.9. The van der Waals surface area contributed by atoms with Gasteiger partial charge in [0.2, 0.25) is 0 Å². The first kappa shape index (κ1) is 17.2. The molecule has 3 nitrogen and oxygen atoms in total. The van der Waals surface area contributed by atoms with Gasteiger partial charge in [-0.1, -0.05) is 54.1 Å². The summed E-state index contributed by atoms with van der Waals surface area (Å²) < 4.78 is 5.03. The number of esters is 1. The summed E-state index contributed by atoms with van der Waals surface area (Å²) in [6.45, 7) is 5.78. The summed E-state index contributed by atoms with van der Waals surface area (Å²) in [5.74, 6) is -0.270. The topological polar surface area (TPSA) is 43.4 Å². The lowest BCUT2D eigenvalue weighted by Gasteiger charge is -2.29. The molecule has 1 unspecified atom stereocenters. The second-order valence-electron chi connectivity index (χ2n) is 6.95. The summed E-state index contributed by atoms with van der Waals surface area (Å²) in [7, 11) is 1.39. The summed E-state index contributed by atoms with van der Waals surface area (Å²) in [6.07, 6.45) is 4.37. The van der Waals surface area contributed by atoms with E-state index in [1.807, 2.05) is 69.3 Å². The van der Waals surface area contributed by atoms with Gasteiger partial charge < -0.3 is 4.74 Å². The first-order valence-corrected chi connectivity index (χ1v) is 8.37. The van der Waals surface area contributed by atoms with Crippen LogP contribution in [0.4, 0.5) is 0 Å². The third-order valence-corrected chi connectivity index (χ3v) is 4.83. The summed E-state index contributed by atoms with van der Waals surface area (Å²) in [5, 5.41) is 1.83. The minimum Gasteiger partial charge on any atom is -0.465 e. The molecule has 128 valence electrons. The Kier molecular flexibility index (Phi) is 4.34. The molecule has 0 spiro atoms. The van der Waals surface area contributed by atoms with Crippen molar-refractivity contribution in [2.24, 2.45) is 5.41 Å². The van der Waals surface area contributed by atoms with Crippen molar-refractivity contribution in [3.05, 3.63) is 70.8 Å². The van der Waals surface area contributed by atoms with Gasteiger partial charge in [0.05, 0.1) is 18.1 Å². The van der Waals surface area contributed by atoms with Crippen LogP contribution in [0.1, 0.15) is 36.7 Å². The lowest BCUT2D eigenvalue weighted by atomic mass is 9.72. The van der Waals surface area contributed by atoms with E-state index >= 15 is 0 Å². The number of ketones is 1. The number of benzene rings is 2. The van der Waals surface area contributed by atoms with Crippen LogP contribution >= 0.6 is 0 Å². The summed E-state index contributed by atoms with van der Waals surface area (Å²) in [4.78, 5) is 25.3. The Hall–Kier alpha value is -2.68. The number of fused-ring (bicyclic) bond motifs is 1. The van der Waals surface area contributed by atoms with Crippen LogP contribution in [0.2, 0.25) is 0 Å². The predicted molar refractivity (Wildman–Crippen MR) is 99.6 cm³/mol. The summed E-state index contributed by atoms with van der Waals surface area (Å²) in [6, 6.07) is 11.7. The lowest BCUT2D eigenvalue weighted by molar-refractivity contribution is -0.122. The van der Waals surface area contributed by atoms with Gasteiger partial charge in [-0.2, -0.15) is 0 Å². The Morgan fingerprint density at radius 1 is 1.12 bits per heavy atom. The van der Waals surface area contributed by atoms with Crippen LogP contribution < -0.4 is 0 Å². The van der Waals surface area contributed by atoms with E-state index in [0.717, 1.165) is 27.5 Å². The molecule has 25 heavy (non-hydrogen) atoms. The molecule has 0 aliphatic heterocycles. The molecule has 2 aromatic carbocycles. The fourth-order valence-corrected chi connectivity index (χ4v) is 3.80. The molecule has 1 aliphatic rings. The predicted octanol–water partition coefficient (Wildman–Crippen LogP) is 4.65. The van der Waals surface area contributed by atoms with E-state index in [4.69, 9.17) is 4.74 Å². The lowest BCUT2D eigenvalue weighted by Crippen LogP contribution is -2.32. The van der Waals surface area contributed by atoms with Gasteiger partial charge in [0.15, 0.2) is 5.78 Å². The molecule has 3 rings (SSSR count). The van der Waals surface area contributed by atoms with E-state index in [0.29, 0.717) is 12.0 Å². The smallest absolute Gasteiger partial charge is 0.338 e. The first-order valence-electron chi connectivity index (χ1n) is 8.37. The highest BCUT2D eigenvalue weighted by Gasteiger charge is 2.35. The second kappa shape index (κ2) is 6.32. The van der Waals surface area contributed by atoms with Crippen molar-refractivity contribution in [2.45, 2.75) is 27.2 Å². The zero-order chi connectivity index (χ0) is 18.2. The fourth-order valence-electron chi connectivity index (χ4n) is 3.80. The average Bonchev–Trinajstić information content (AvgIpc) is 2.58. The van der Waals surface area contributed by atoms with E-state index in [1.165, 1.54) is 7.11 Å². The van der Waals surface area contributed by atoms with Crippen molar-refractivity contribution in [1.29, 1.82) is 0 Å². The van der Waals surface area contributed by atoms with Crippen LogP contribution in [-0.2, 0) is 16.0 Å². The van der Waals surface area contributed by atoms with Crippen LogP contribution in [0.5, 0.6) is 0 Å². The minimum atomic E-state index is -0.659. The van der Waals surface area contributed by atoms with Crippen LogP contribution in [0, 0.1) is 5.41 Å². The quantitative estimate of drug-likeness (QED) is 0.767. The maximum absolute atomic E-state index is 12.8. The molecule has 0 saturated heterocycles. The average molecular weight is 334 g/mol. The normalized spacial score (nSPS) is 20.2. The van der Waals surface area contributed by atoms with Crippen molar-refractivity contribution in [3.8, 4) is 0 Å². The van der Waals surface area contributed by atoms with Gasteiger partial charge in [-0.15, -0.1) is 0 Å². The Balaban J connectivity index is 2.15. The fraction of sp³-hybridized carbons (Fsp3) is 0.273. The number of hydrogen-bond acceptors (Lipinski definition) is 3. The number of methoxy groups -OCH3 is 1. The molecule has 1 atom stereocenters. The van der Waals surface area contributed by atoms with E-state index in [1.54, 1.807) is 0 Å². The number of hydrogen-bond donors (Lipinski definition) is 0. The molecule has 2 aromatic rings. The van der Waals surface area contributed by atoms with Crippen LogP contribution in [0.25, 0.3) is 10.8 Å².